The lowest BCUT2D eigenvalue weighted by Gasteiger charge is -2.15. The van der Waals surface area contributed by atoms with E-state index in [2.05, 4.69) is 16.9 Å². The monoisotopic (exact) mass is 217 g/mol. The van der Waals surface area contributed by atoms with Crippen LogP contribution in [0.5, 0.6) is 5.75 Å². The molecule has 1 aromatic carbocycles. The zero-order valence-corrected chi connectivity index (χ0v) is 10.4. The van der Waals surface area contributed by atoms with Gasteiger partial charge in [-0.3, -0.25) is 0 Å². The predicted molar refractivity (Wildman–Crippen MR) is 67.6 cm³/mol. The van der Waals surface area contributed by atoms with Crippen molar-refractivity contribution in [2.75, 3.05) is 21.2 Å². The van der Waals surface area contributed by atoms with Gasteiger partial charge in [-0.25, -0.2) is 0 Å². The van der Waals surface area contributed by atoms with E-state index in [0.29, 0.717) is 0 Å². The number of hydrogen-bond acceptors (Lipinski definition) is 2. The minimum atomic E-state index is 0.145. The normalized spacial score (nSPS) is 12.2. The Kier molecular flexibility index (Phi) is 4.39. The second kappa shape index (κ2) is 5.58. The molecule has 86 valence electrons. The van der Waals surface area contributed by atoms with Gasteiger partial charge in [-0.2, -0.15) is 0 Å². The second-order valence-corrected chi connectivity index (χ2v) is 4.20. The average Bonchev–Trinajstić information content (AvgIpc) is 2.27. The van der Waals surface area contributed by atoms with Crippen LogP contribution in [0.15, 0.2) is 18.2 Å². The number of ether oxygens (including phenoxy) is 1. The van der Waals surface area contributed by atoms with Crippen molar-refractivity contribution in [2.24, 2.45) is 0 Å². The Bertz CT molecular complexity index is 390. The third-order valence-electron chi connectivity index (χ3n) is 2.54. The van der Waals surface area contributed by atoms with Gasteiger partial charge in [0.25, 0.3) is 0 Å². The van der Waals surface area contributed by atoms with Crippen molar-refractivity contribution in [3.63, 3.8) is 0 Å². The van der Waals surface area contributed by atoms with Crippen molar-refractivity contribution in [1.82, 2.24) is 4.90 Å². The SMILES string of the molecule is C#CC(C)c1ccc(OC)c(CN(C)C)c1. The molecule has 0 radical (unpaired) electrons. The molecule has 2 heteroatoms. The van der Waals surface area contributed by atoms with Gasteiger partial charge >= 0.3 is 0 Å². The molecule has 1 aromatic rings. The maximum absolute atomic E-state index is 5.43. The molecule has 0 amide bonds. The molecule has 16 heavy (non-hydrogen) atoms. The Labute approximate surface area is 98.2 Å². The standard InChI is InChI=1S/C14H19NO/c1-6-11(2)12-7-8-14(16-5)13(9-12)10-15(3)4/h1,7-9,11H,10H2,2-5H3. The smallest absolute Gasteiger partial charge is 0.123 e. The van der Waals surface area contributed by atoms with Crippen molar-refractivity contribution < 1.29 is 4.74 Å². The third-order valence-corrected chi connectivity index (χ3v) is 2.54. The summed E-state index contributed by atoms with van der Waals surface area (Å²) in [7, 11) is 5.77. The van der Waals surface area contributed by atoms with Gasteiger partial charge in [-0.1, -0.05) is 12.0 Å². The summed E-state index contributed by atoms with van der Waals surface area (Å²) in [5.74, 6) is 3.81. The van der Waals surface area contributed by atoms with Crippen LogP contribution < -0.4 is 4.74 Å². The van der Waals surface area contributed by atoms with Crippen LogP contribution in [0.4, 0.5) is 0 Å². The van der Waals surface area contributed by atoms with Crippen LogP contribution in [0, 0.1) is 12.3 Å². The van der Waals surface area contributed by atoms with Crippen LogP contribution in [0.3, 0.4) is 0 Å². The summed E-state index contributed by atoms with van der Waals surface area (Å²) in [6.45, 7) is 2.88. The lowest BCUT2D eigenvalue weighted by atomic mass is 9.99. The maximum atomic E-state index is 5.43. The van der Waals surface area contributed by atoms with E-state index in [1.165, 1.54) is 11.1 Å². The first kappa shape index (κ1) is 12.6. The van der Waals surface area contributed by atoms with Crippen molar-refractivity contribution in [1.29, 1.82) is 0 Å². The Balaban J connectivity index is 3.06. The summed E-state index contributed by atoms with van der Waals surface area (Å²) in [4.78, 5) is 2.11. The zero-order chi connectivity index (χ0) is 12.1. The number of terminal acetylenes is 1. The van der Waals surface area contributed by atoms with E-state index in [4.69, 9.17) is 11.2 Å². The van der Waals surface area contributed by atoms with Crippen molar-refractivity contribution in [2.45, 2.75) is 19.4 Å². The molecule has 0 aromatic heterocycles. The maximum Gasteiger partial charge on any atom is 0.123 e. The molecule has 0 aliphatic carbocycles. The molecule has 0 fully saturated rings. The van der Waals surface area contributed by atoms with Crippen molar-refractivity contribution in [3.8, 4) is 18.1 Å². The first-order chi connectivity index (χ1) is 7.58. The summed E-state index contributed by atoms with van der Waals surface area (Å²) < 4.78 is 5.34. The lowest BCUT2D eigenvalue weighted by Crippen LogP contribution is -2.12. The van der Waals surface area contributed by atoms with Crippen molar-refractivity contribution in [3.05, 3.63) is 29.3 Å². The Morgan fingerprint density at radius 1 is 1.44 bits per heavy atom. The number of methoxy groups -OCH3 is 1. The molecule has 1 unspecified atom stereocenters. The summed E-state index contributed by atoms with van der Waals surface area (Å²) >= 11 is 0. The Morgan fingerprint density at radius 2 is 2.12 bits per heavy atom. The van der Waals surface area contributed by atoms with Crippen LogP contribution >= 0.6 is 0 Å². The summed E-state index contributed by atoms with van der Waals surface area (Å²) in [6.07, 6.45) is 5.43. The molecule has 0 aliphatic rings. The number of benzene rings is 1. The van der Waals surface area contributed by atoms with Crippen LogP contribution in [0.25, 0.3) is 0 Å². The Hall–Kier alpha value is -1.46. The van der Waals surface area contributed by atoms with E-state index in [9.17, 15) is 0 Å². The summed E-state index contributed by atoms with van der Waals surface area (Å²) in [5.41, 5.74) is 2.34. The molecule has 0 N–H and O–H groups in total. The molecule has 0 spiro atoms. The number of hydrogen-bond donors (Lipinski definition) is 0. The molecule has 1 atom stereocenters. The summed E-state index contributed by atoms with van der Waals surface area (Å²) in [6, 6.07) is 6.15. The second-order valence-electron chi connectivity index (χ2n) is 4.20. The molecular formula is C14H19NO. The molecular weight excluding hydrogens is 198 g/mol. The van der Waals surface area contributed by atoms with Crippen LogP contribution in [0.2, 0.25) is 0 Å². The fourth-order valence-corrected chi connectivity index (χ4v) is 1.63. The van der Waals surface area contributed by atoms with Crippen LogP contribution in [0.1, 0.15) is 24.0 Å². The lowest BCUT2D eigenvalue weighted by molar-refractivity contribution is 0.371. The molecule has 1 rings (SSSR count). The van der Waals surface area contributed by atoms with Crippen LogP contribution in [-0.2, 0) is 6.54 Å². The minimum Gasteiger partial charge on any atom is -0.496 e. The molecule has 0 saturated heterocycles. The highest BCUT2D eigenvalue weighted by Crippen LogP contribution is 2.24. The highest BCUT2D eigenvalue weighted by Gasteiger charge is 2.08. The highest BCUT2D eigenvalue weighted by molar-refractivity contribution is 5.40. The van der Waals surface area contributed by atoms with Gasteiger partial charge in [0.1, 0.15) is 5.75 Å². The molecule has 0 bridgehead atoms. The highest BCUT2D eigenvalue weighted by atomic mass is 16.5. The van der Waals surface area contributed by atoms with Crippen molar-refractivity contribution >= 4 is 0 Å². The largest absolute Gasteiger partial charge is 0.496 e. The number of nitrogens with zero attached hydrogens (tertiary/aromatic N) is 1. The Morgan fingerprint density at radius 3 is 2.62 bits per heavy atom. The zero-order valence-electron chi connectivity index (χ0n) is 10.4. The summed E-state index contributed by atoms with van der Waals surface area (Å²) in [5, 5.41) is 0. The van der Waals surface area contributed by atoms with Crippen LogP contribution in [-0.4, -0.2) is 26.1 Å². The third kappa shape index (κ3) is 3.01. The topological polar surface area (TPSA) is 12.5 Å². The van der Waals surface area contributed by atoms with E-state index in [1.54, 1.807) is 7.11 Å². The quantitative estimate of drug-likeness (QED) is 0.718. The van der Waals surface area contributed by atoms with E-state index in [1.807, 2.05) is 33.2 Å². The fraction of sp³-hybridized carbons (Fsp3) is 0.429. The first-order valence-electron chi connectivity index (χ1n) is 5.36. The predicted octanol–water partition coefficient (Wildman–Crippen LogP) is 2.49. The molecule has 2 nitrogen and oxygen atoms in total. The van der Waals surface area contributed by atoms with E-state index < -0.39 is 0 Å². The minimum absolute atomic E-state index is 0.145. The van der Waals surface area contributed by atoms with Gasteiger partial charge in [0.2, 0.25) is 0 Å². The molecule has 0 heterocycles. The van der Waals surface area contributed by atoms with Gasteiger partial charge < -0.3 is 9.64 Å². The van der Waals surface area contributed by atoms with E-state index in [-0.39, 0.29) is 5.92 Å². The first-order valence-corrected chi connectivity index (χ1v) is 5.36. The van der Waals surface area contributed by atoms with Gasteiger partial charge in [-0.05, 0) is 38.7 Å². The van der Waals surface area contributed by atoms with Gasteiger partial charge in [0, 0.05) is 18.0 Å². The average molecular weight is 217 g/mol. The van der Waals surface area contributed by atoms with Gasteiger partial charge in [-0.15, -0.1) is 6.42 Å². The van der Waals surface area contributed by atoms with E-state index >= 15 is 0 Å². The fourth-order valence-electron chi connectivity index (χ4n) is 1.63. The molecule has 0 aliphatic heterocycles. The van der Waals surface area contributed by atoms with Gasteiger partial charge in [0.15, 0.2) is 0 Å². The van der Waals surface area contributed by atoms with E-state index in [0.717, 1.165) is 12.3 Å². The van der Waals surface area contributed by atoms with Gasteiger partial charge in [0.05, 0.1) is 7.11 Å². The number of rotatable bonds is 4. The molecule has 0 saturated carbocycles.